The number of amides is 1. The van der Waals surface area contributed by atoms with E-state index in [4.69, 9.17) is 10.5 Å². The van der Waals surface area contributed by atoms with E-state index in [9.17, 15) is 4.79 Å². The largest absolute Gasteiger partial charge is 0.399 e. The van der Waals surface area contributed by atoms with Crippen LogP contribution in [0.4, 0.5) is 11.4 Å². The first kappa shape index (κ1) is 13.9. The molecule has 2 rings (SSSR count). The van der Waals surface area contributed by atoms with Crippen molar-refractivity contribution in [2.75, 3.05) is 24.4 Å². The molecule has 2 unspecified atom stereocenters. The van der Waals surface area contributed by atoms with Gasteiger partial charge in [-0.2, -0.15) is 0 Å². The average molecular weight is 262 g/mol. The first-order chi connectivity index (χ1) is 9.02. The number of nitrogens with zero attached hydrogens (tertiary/aromatic N) is 1. The second kappa shape index (κ2) is 5.61. The molecule has 0 aliphatic carbocycles. The van der Waals surface area contributed by atoms with Gasteiger partial charge in [-0.25, -0.2) is 0 Å². The molecular formula is C15H22N2O2. The predicted octanol–water partition coefficient (Wildman–Crippen LogP) is 2.22. The van der Waals surface area contributed by atoms with E-state index in [1.54, 1.807) is 7.11 Å². The number of nitrogens with two attached hydrogens (primary N) is 1. The molecule has 4 nitrogen and oxygen atoms in total. The monoisotopic (exact) mass is 262 g/mol. The Morgan fingerprint density at radius 1 is 1.58 bits per heavy atom. The summed E-state index contributed by atoms with van der Waals surface area (Å²) in [6, 6.07) is 5.99. The molecule has 19 heavy (non-hydrogen) atoms. The first-order valence-electron chi connectivity index (χ1n) is 6.72. The van der Waals surface area contributed by atoms with Gasteiger partial charge in [-0.15, -0.1) is 0 Å². The van der Waals surface area contributed by atoms with Crippen LogP contribution < -0.4 is 10.6 Å². The molecule has 0 radical (unpaired) electrons. The van der Waals surface area contributed by atoms with E-state index in [-0.39, 0.29) is 17.9 Å². The summed E-state index contributed by atoms with van der Waals surface area (Å²) in [4.78, 5) is 14.3. The minimum atomic E-state index is 0.167. The van der Waals surface area contributed by atoms with Crippen LogP contribution in [0.15, 0.2) is 18.2 Å². The quantitative estimate of drug-likeness (QED) is 0.846. The number of methoxy groups -OCH3 is 1. The Morgan fingerprint density at radius 2 is 2.32 bits per heavy atom. The number of fused-ring (bicyclic) bond motifs is 1. The van der Waals surface area contributed by atoms with Gasteiger partial charge >= 0.3 is 0 Å². The van der Waals surface area contributed by atoms with Gasteiger partial charge in [-0.1, -0.05) is 6.92 Å². The lowest BCUT2D eigenvalue weighted by Crippen LogP contribution is -2.36. The van der Waals surface area contributed by atoms with E-state index in [2.05, 4.69) is 6.92 Å². The molecule has 104 valence electrons. The molecule has 0 saturated carbocycles. The van der Waals surface area contributed by atoms with Crippen molar-refractivity contribution in [2.24, 2.45) is 5.92 Å². The zero-order chi connectivity index (χ0) is 14.0. The maximum Gasteiger partial charge on any atom is 0.227 e. The second-order valence-corrected chi connectivity index (χ2v) is 5.47. The summed E-state index contributed by atoms with van der Waals surface area (Å²) in [6.07, 6.45) is 1.40. The van der Waals surface area contributed by atoms with Crippen molar-refractivity contribution in [1.29, 1.82) is 0 Å². The number of carbonyl (C=O) groups excluding carboxylic acids is 1. The highest BCUT2D eigenvalue weighted by Crippen LogP contribution is 2.34. The van der Waals surface area contributed by atoms with Crippen LogP contribution in [0, 0.1) is 5.92 Å². The lowest BCUT2D eigenvalue weighted by molar-refractivity contribution is -0.120. The molecule has 2 atom stereocenters. The van der Waals surface area contributed by atoms with Gasteiger partial charge in [0.15, 0.2) is 0 Å². The van der Waals surface area contributed by atoms with Gasteiger partial charge in [0, 0.05) is 37.6 Å². The van der Waals surface area contributed by atoms with Crippen LogP contribution in [0.3, 0.4) is 0 Å². The minimum absolute atomic E-state index is 0.167. The molecule has 0 bridgehead atoms. The van der Waals surface area contributed by atoms with Gasteiger partial charge in [0.2, 0.25) is 5.91 Å². The highest BCUT2D eigenvalue weighted by molar-refractivity contribution is 5.96. The van der Waals surface area contributed by atoms with Gasteiger partial charge in [0.1, 0.15) is 0 Å². The third-order valence-electron chi connectivity index (χ3n) is 3.56. The van der Waals surface area contributed by atoms with Gasteiger partial charge in [0.25, 0.3) is 0 Å². The smallest absolute Gasteiger partial charge is 0.227 e. The zero-order valence-corrected chi connectivity index (χ0v) is 11.8. The number of carbonyl (C=O) groups is 1. The Kier molecular flexibility index (Phi) is 4.10. The summed E-state index contributed by atoms with van der Waals surface area (Å²) in [7, 11) is 1.66. The number of ether oxygens (including phenoxy) is 1. The summed E-state index contributed by atoms with van der Waals surface area (Å²) < 4.78 is 5.09. The third kappa shape index (κ3) is 2.89. The lowest BCUT2D eigenvalue weighted by atomic mass is 10.1. The average Bonchev–Trinajstić information content (AvgIpc) is 2.64. The van der Waals surface area contributed by atoms with Crippen LogP contribution in [-0.4, -0.2) is 25.7 Å². The molecule has 0 aromatic heterocycles. The number of benzene rings is 1. The first-order valence-corrected chi connectivity index (χ1v) is 6.72. The molecule has 1 amide bonds. The van der Waals surface area contributed by atoms with Crippen LogP contribution in [-0.2, 0) is 16.0 Å². The summed E-state index contributed by atoms with van der Waals surface area (Å²) in [6.45, 7) is 4.73. The van der Waals surface area contributed by atoms with E-state index in [1.165, 1.54) is 5.56 Å². The van der Waals surface area contributed by atoms with Gasteiger partial charge in [-0.3, -0.25) is 4.79 Å². The molecule has 0 fully saturated rings. The molecule has 1 aromatic rings. The number of nitrogen functional groups attached to an aromatic ring is 1. The van der Waals surface area contributed by atoms with E-state index < -0.39 is 0 Å². The molecule has 4 heteroatoms. The van der Waals surface area contributed by atoms with E-state index in [1.807, 2.05) is 30.0 Å². The highest BCUT2D eigenvalue weighted by Gasteiger charge is 2.31. The third-order valence-corrected chi connectivity index (χ3v) is 3.56. The summed E-state index contributed by atoms with van der Waals surface area (Å²) in [5, 5.41) is 0. The Bertz CT molecular complexity index is 473. The molecule has 1 aromatic carbocycles. The number of hydrogen-bond acceptors (Lipinski definition) is 3. The second-order valence-electron chi connectivity index (χ2n) is 5.47. The van der Waals surface area contributed by atoms with E-state index >= 15 is 0 Å². The van der Waals surface area contributed by atoms with Crippen LogP contribution in [0.2, 0.25) is 0 Å². The minimum Gasteiger partial charge on any atom is -0.399 e. The Morgan fingerprint density at radius 3 is 3.00 bits per heavy atom. The predicted molar refractivity (Wildman–Crippen MR) is 77.2 cm³/mol. The maximum absolute atomic E-state index is 12.4. The molecule has 0 spiro atoms. The van der Waals surface area contributed by atoms with Crippen molar-refractivity contribution in [3.63, 3.8) is 0 Å². The molecular weight excluding hydrogens is 240 g/mol. The molecule has 0 saturated heterocycles. The van der Waals surface area contributed by atoms with Gasteiger partial charge < -0.3 is 15.4 Å². The number of hydrogen-bond donors (Lipinski definition) is 1. The maximum atomic E-state index is 12.4. The van der Waals surface area contributed by atoms with Gasteiger partial charge in [-0.05, 0) is 43.0 Å². The van der Waals surface area contributed by atoms with Crippen molar-refractivity contribution in [3.05, 3.63) is 23.8 Å². The Hall–Kier alpha value is -1.55. The van der Waals surface area contributed by atoms with Crippen molar-refractivity contribution in [1.82, 2.24) is 0 Å². The number of rotatable bonds is 4. The Balaban J connectivity index is 2.15. The van der Waals surface area contributed by atoms with E-state index in [0.29, 0.717) is 13.0 Å². The van der Waals surface area contributed by atoms with Crippen molar-refractivity contribution in [2.45, 2.75) is 32.7 Å². The van der Waals surface area contributed by atoms with Crippen LogP contribution in [0.25, 0.3) is 0 Å². The highest BCUT2D eigenvalue weighted by atomic mass is 16.5. The van der Waals surface area contributed by atoms with Gasteiger partial charge in [0.05, 0.1) is 0 Å². The van der Waals surface area contributed by atoms with Crippen LogP contribution in [0.1, 0.15) is 25.8 Å². The fourth-order valence-electron chi connectivity index (χ4n) is 2.77. The van der Waals surface area contributed by atoms with Crippen LogP contribution >= 0.6 is 0 Å². The fourth-order valence-corrected chi connectivity index (χ4v) is 2.77. The summed E-state index contributed by atoms with van der Waals surface area (Å²) >= 11 is 0. The van der Waals surface area contributed by atoms with E-state index in [0.717, 1.165) is 17.8 Å². The number of anilines is 2. The van der Waals surface area contributed by atoms with Crippen molar-refractivity contribution >= 4 is 17.3 Å². The fraction of sp³-hybridized carbons (Fsp3) is 0.533. The molecule has 1 aliphatic heterocycles. The topological polar surface area (TPSA) is 55.6 Å². The zero-order valence-electron chi connectivity index (χ0n) is 11.8. The molecule has 1 heterocycles. The van der Waals surface area contributed by atoms with Crippen LogP contribution in [0.5, 0.6) is 0 Å². The summed E-state index contributed by atoms with van der Waals surface area (Å²) in [5.41, 5.74) is 8.73. The van der Waals surface area contributed by atoms with Crippen molar-refractivity contribution in [3.8, 4) is 0 Å². The normalized spacial score (nSPS) is 19.3. The summed E-state index contributed by atoms with van der Waals surface area (Å²) in [5.74, 6) is 0.406. The van der Waals surface area contributed by atoms with Crippen molar-refractivity contribution < 1.29 is 9.53 Å². The molecule has 2 N–H and O–H groups in total. The SMILES string of the molecule is COCC(C)CC(=O)N1c2ccc(N)cc2CC1C. The Labute approximate surface area is 114 Å². The molecule has 1 aliphatic rings. The standard InChI is InChI=1S/C15H22N2O2/c1-10(9-19-3)6-15(18)17-11(2)7-12-8-13(16)4-5-14(12)17/h4-5,8,10-11H,6-7,9,16H2,1-3H3. The lowest BCUT2D eigenvalue weighted by Gasteiger charge is -2.24.